The van der Waals surface area contributed by atoms with Crippen LogP contribution in [-0.4, -0.2) is 32.8 Å². The van der Waals surface area contributed by atoms with Crippen LogP contribution in [0.4, 0.5) is 4.79 Å². The van der Waals surface area contributed by atoms with Crippen molar-refractivity contribution in [2.45, 2.75) is 40.2 Å². The van der Waals surface area contributed by atoms with Crippen molar-refractivity contribution in [2.24, 2.45) is 0 Å². The number of pyridine rings is 1. The minimum Gasteiger partial charge on any atom is -0.444 e. The van der Waals surface area contributed by atoms with Gasteiger partial charge in [0.05, 0.1) is 0 Å². The van der Waals surface area contributed by atoms with Crippen LogP contribution in [0, 0.1) is 0 Å². The molecular weight excluding hydrogens is 344 g/mol. The lowest BCUT2D eigenvalue weighted by Gasteiger charge is -2.19. The number of hydrogen-bond acceptors (Lipinski definition) is 4. The molecule has 0 saturated carbocycles. The molecule has 2 heterocycles. The van der Waals surface area contributed by atoms with Gasteiger partial charge in [-0.2, -0.15) is 5.10 Å². The molecule has 0 unspecified atom stereocenters. The van der Waals surface area contributed by atoms with Crippen LogP contribution < -0.4 is 11.0 Å². The number of carbonyl (C=O) groups is 1. The monoisotopic (exact) mass is 370 g/mol. The number of benzene rings is 1. The van der Waals surface area contributed by atoms with Gasteiger partial charge in [0.25, 0.3) is 0 Å². The summed E-state index contributed by atoms with van der Waals surface area (Å²) in [6, 6.07) is 7.72. The minimum atomic E-state index is -0.530. The molecule has 3 aromatic rings. The number of rotatable bonds is 3. The Balaban J connectivity index is 0.00000126. The number of aromatic amines is 1. The van der Waals surface area contributed by atoms with Crippen molar-refractivity contribution in [1.29, 1.82) is 0 Å². The Kier molecular flexibility index (Phi) is 6.39. The summed E-state index contributed by atoms with van der Waals surface area (Å²) in [6.45, 7) is 9.76. The molecule has 3 rings (SSSR count). The highest BCUT2D eigenvalue weighted by Crippen LogP contribution is 2.22. The number of ether oxygens (including phenoxy) is 1. The first-order valence-electron chi connectivity index (χ1n) is 8.97. The van der Waals surface area contributed by atoms with Gasteiger partial charge in [0, 0.05) is 18.1 Å². The number of alkyl carbamates (subject to hydrolysis) is 1. The molecule has 0 fully saturated rings. The highest BCUT2D eigenvalue weighted by atomic mass is 16.6. The minimum absolute atomic E-state index is 0.290. The second kappa shape index (κ2) is 8.53. The molecule has 7 nitrogen and oxygen atoms in total. The van der Waals surface area contributed by atoms with Crippen LogP contribution in [0.2, 0.25) is 0 Å². The first-order valence-corrected chi connectivity index (χ1v) is 8.97. The average molecular weight is 370 g/mol. The number of H-pyrrole nitrogens is 1. The molecule has 2 aromatic heterocycles. The maximum Gasteiger partial charge on any atom is 0.407 e. The predicted molar refractivity (Wildman–Crippen MR) is 108 cm³/mol. The van der Waals surface area contributed by atoms with E-state index in [-0.39, 0.29) is 5.69 Å². The van der Waals surface area contributed by atoms with Crippen molar-refractivity contribution in [3.05, 3.63) is 52.6 Å². The summed E-state index contributed by atoms with van der Waals surface area (Å²) >= 11 is 0. The molecule has 0 aliphatic carbocycles. The zero-order valence-corrected chi connectivity index (χ0v) is 16.4. The fourth-order valence-corrected chi connectivity index (χ4v) is 2.53. The van der Waals surface area contributed by atoms with Crippen molar-refractivity contribution < 1.29 is 9.53 Å². The van der Waals surface area contributed by atoms with Gasteiger partial charge in [-0.05, 0) is 31.7 Å². The van der Waals surface area contributed by atoms with Crippen LogP contribution in [0.1, 0.15) is 40.2 Å². The third-order valence-electron chi connectivity index (χ3n) is 3.51. The van der Waals surface area contributed by atoms with Gasteiger partial charge < -0.3 is 10.1 Å². The van der Waals surface area contributed by atoms with Crippen LogP contribution in [-0.2, 0) is 4.74 Å². The molecule has 1 aromatic carbocycles. The molecule has 0 radical (unpaired) electrons. The molecule has 0 aliphatic heterocycles. The van der Waals surface area contributed by atoms with Crippen LogP contribution in [0.5, 0.6) is 0 Å². The van der Waals surface area contributed by atoms with E-state index >= 15 is 0 Å². The molecule has 1 amide bonds. The van der Waals surface area contributed by atoms with Gasteiger partial charge in [-0.3, -0.25) is 0 Å². The van der Waals surface area contributed by atoms with Crippen LogP contribution in [0.3, 0.4) is 0 Å². The first kappa shape index (κ1) is 20.2. The summed E-state index contributed by atoms with van der Waals surface area (Å²) in [4.78, 5) is 23.5. The molecule has 7 heteroatoms. The molecule has 0 saturated heterocycles. The smallest absolute Gasteiger partial charge is 0.407 e. The quantitative estimate of drug-likeness (QED) is 0.735. The summed E-state index contributed by atoms with van der Waals surface area (Å²) in [6.07, 6.45) is 4.93. The molecule has 0 spiro atoms. The second-order valence-electron chi connectivity index (χ2n) is 6.64. The van der Waals surface area contributed by atoms with Crippen molar-refractivity contribution in [3.8, 4) is 0 Å². The van der Waals surface area contributed by atoms with Crippen molar-refractivity contribution in [2.75, 3.05) is 6.54 Å². The van der Waals surface area contributed by atoms with E-state index in [9.17, 15) is 9.59 Å². The van der Waals surface area contributed by atoms with Gasteiger partial charge in [0.2, 0.25) is 0 Å². The third-order valence-corrected chi connectivity index (χ3v) is 3.51. The lowest BCUT2D eigenvalue weighted by atomic mass is 10.1. The Morgan fingerprint density at radius 2 is 1.93 bits per heavy atom. The normalized spacial score (nSPS) is 11.4. The number of nitrogens with zero attached hydrogens (tertiary/aromatic N) is 2. The zero-order chi connectivity index (χ0) is 20.0. The Morgan fingerprint density at radius 1 is 1.26 bits per heavy atom. The van der Waals surface area contributed by atoms with Crippen molar-refractivity contribution in [1.82, 2.24) is 19.9 Å². The molecule has 144 valence electrons. The van der Waals surface area contributed by atoms with Gasteiger partial charge >= 0.3 is 11.8 Å². The Hall–Kier alpha value is -3.09. The number of nitrogens with one attached hydrogen (secondary N) is 2. The largest absolute Gasteiger partial charge is 0.444 e. The summed E-state index contributed by atoms with van der Waals surface area (Å²) < 4.78 is 6.66. The SMILES string of the molecule is CC.CC(C)(C)OC(=O)NC/C=C/c1cn2c(=O)[nH]nc2c2ccccc12. The number of hydrogen-bond donors (Lipinski definition) is 2. The van der Waals surface area contributed by atoms with Gasteiger partial charge in [0.15, 0.2) is 5.65 Å². The third kappa shape index (κ3) is 4.97. The second-order valence-corrected chi connectivity index (χ2v) is 6.64. The summed E-state index contributed by atoms with van der Waals surface area (Å²) in [5.74, 6) is 0. The van der Waals surface area contributed by atoms with Crippen LogP contribution in [0.15, 0.2) is 41.3 Å². The molecule has 0 aliphatic rings. The lowest BCUT2D eigenvalue weighted by molar-refractivity contribution is 0.0534. The van der Waals surface area contributed by atoms with Gasteiger partial charge in [-0.1, -0.05) is 50.3 Å². The molecule has 0 atom stereocenters. The fourth-order valence-electron chi connectivity index (χ4n) is 2.53. The zero-order valence-electron chi connectivity index (χ0n) is 16.4. The topological polar surface area (TPSA) is 88.5 Å². The van der Waals surface area contributed by atoms with Crippen LogP contribution >= 0.6 is 0 Å². The molecule has 0 bridgehead atoms. The Morgan fingerprint density at radius 3 is 2.59 bits per heavy atom. The summed E-state index contributed by atoms with van der Waals surface area (Å²) in [5.41, 5.74) is 0.627. The Bertz CT molecular complexity index is 1010. The number of amides is 1. The van der Waals surface area contributed by atoms with Gasteiger partial charge in [-0.25, -0.2) is 19.1 Å². The molecular formula is C20H26N4O3. The summed E-state index contributed by atoms with van der Waals surface area (Å²) in [7, 11) is 0. The number of carbonyl (C=O) groups excluding carboxylic acids is 1. The highest BCUT2D eigenvalue weighted by Gasteiger charge is 2.15. The van der Waals surface area contributed by atoms with Crippen molar-refractivity contribution >= 4 is 28.6 Å². The highest BCUT2D eigenvalue weighted by molar-refractivity contribution is 5.98. The van der Waals surface area contributed by atoms with Gasteiger partial charge in [-0.15, -0.1) is 0 Å². The van der Waals surface area contributed by atoms with Crippen LogP contribution in [0.25, 0.3) is 22.5 Å². The van der Waals surface area contributed by atoms with E-state index in [0.29, 0.717) is 12.2 Å². The number of aromatic nitrogens is 3. The standard InChI is InChI=1S/C18H20N4O3.C2H6/c1-18(2,3)25-17(24)19-10-6-7-12-11-22-15(20-21-16(22)23)14-9-5-4-8-13(12)14;1-2/h4-9,11H,10H2,1-3H3,(H,19,24)(H,21,23);1-2H3/b7-6+;. The molecule has 27 heavy (non-hydrogen) atoms. The summed E-state index contributed by atoms with van der Waals surface area (Å²) in [5, 5.41) is 11.0. The predicted octanol–water partition coefficient (Wildman–Crippen LogP) is 3.74. The first-order chi connectivity index (χ1) is 12.8. The average Bonchev–Trinajstić information content (AvgIpc) is 3.00. The van der Waals surface area contributed by atoms with E-state index in [2.05, 4.69) is 15.5 Å². The van der Waals surface area contributed by atoms with E-state index in [1.54, 1.807) is 6.20 Å². The van der Waals surface area contributed by atoms with Crippen molar-refractivity contribution in [3.63, 3.8) is 0 Å². The Labute approximate surface area is 158 Å². The lowest BCUT2D eigenvalue weighted by Crippen LogP contribution is -2.32. The van der Waals surface area contributed by atoms with E-state index in [1.165, 1.54) is 4.40 Å². The maximum atomic E-state index is 11.9. The van der Waals surface area contributed by atoms with E-state index in [1.807, 2.05) is 71.0 Å². The van der Waals surface area contributed by atoms with E-state index in [0.717, 1.165) is 16.3 Å². The molecule has 2 N–H and O–H groups in total. The fraction of sp³-hybridized carbons (Fsp3) is 0.350. The van der Waals surface area contributed by atoms with E-state index < -0.39 is 11.7 Å². The van der Waals surface area contributed by atoms with E-state index in [4.69, 9.17) is 4.74 Å². The maximum absolute atomic E-state index is 11.9. The number of fused-ring (bicyclic) bond motifs is 3. The van der Waals surface area contributed by atoms with Gasteiger partial charge in [0.1, 0.15) is 5.60 Å².